The van der Waals surface area contributed by atoms with E-state index in [-0.39, 0.29) is 0 Å². The highest BCUT2D eigenvalue weighted by Gasteiger charge is 1.93. The molecule has 0 unspecified atom stereocenters. The average Bonchev–Trinajstić information content (AvgIpc) is 1.99. The van der Waals surface area contributed by atoms with E-state index in [0.717, 1.165) is 25.4 Å². The molecule has 0 saturated carbocycles. The van der Waals surface area contributed by atoms with E-state index in [1.807, 2.05) is 0 Å². The van der Waals surface area contributed by atoms with Gasteiger partial charge in [-0.25, -0.2) is 5.01 Å². The number of rotatable bonds is 6. The normalized spacial score (nSPS) is 11.6. The highest BCUT2D eigenvalue weighted by molar-refractivity contribution is 7.81. The van der Waals surface area contributed by atoms with Gasteiger partial charge in [-0.2, -0.15) is 25.3 Å². The van der Waals surface area contributed by atoms with Crippen molar-refractivity contribution in [1.29, 1.82) is 0 Å². The fourth-order valence-electron chi connectivity index (χ4n) is 0.575. The molecule has 0 bridgehead atoms. The zero-order chi connectivity index (χ0) is 8.53. The van der Waals surface area contributed by atoms with Crippen LogP contribution in [0.5, 0.6) is 0 Å². The van der Waals surface area contributed by atoms with Gasteiger partial charge in [-0.05, 0) is 0 Å². The second-order valence-electron chi connectivity index (χ2n) is 2.03. The first-order chi connectivity index (χ1) is 5.31. The lowest BCUT2D eigenvalue weighted by molar-refractivity contribution is 0.311. The molecule has 0 aromatic rings. The number of aliphatic imine (C=N–C) groups is 1. The molecule has 0 radical (unpaired) electrons. The van der Waals surface area contributed by atoms with Crippen LogP contribution in [-0.4, -0.2) is 42.4 Å². The van der Waals surface area contributed by atoms with Crippen molar-refractivity contribution in [1.82, 2.24) is 5.01 Å². The standard InChI is InChI=1S/C6H15N3S2/c7-9(4-6-11)3-1-8-2-5-10/h2,10-11H,1,3-7H2/b8-2+. The third-order valence-electron chi connectivity index (χ3n) is 1.11. The van der Waals surface area contributed by atoms with Gasteiger partial charge in [0.25, 0.3) is 0 Å². The summed E-state index contributed by atoms with van der Waals surface area (Å²) in [5, 5.41) is 1.71. The summed E-state index contributed by atoms with van der Waals surface area (Å²) >= 11 is 8.03. The first-order valence-corrected chi connectivity index (χ1v) is 4.77. The maximum Gasteiger partial charge on any atom is 0.0527 e. The number of nitrogens with zero attached hydrogens (tertiary/aromatic N) is 2. The number of hydrogen-bond acceptors (Lipinski definition) is 5. The molecular formula is C6H15N3S2. The lowest BCUT2D eigenvalue weighted by atomic mass is 10.6. The van der Waals surface area contributed by atoms with E-state index in [1.165, 1.54) is 0 Å². The molecule has 0 heterocycles. The van der Waals surface area contributed by atoms with Crippen LogP contribution < -0.4 is 5.84 Å². The third-order valence-corrected chi connectivity index (χ3v) is 1.48. The Morgan fingerprint density at radius 1 is 1.36 bits per heavy atom. The molecule has 0 spiro atoms. The van der Waals surface area contributed by atoms with Crippen molar-refractivity contribution in [3.05, 3.63) is 0 Å². The van der Waals surface area contributed by atoms with Crippen molar-refractivity contribution in [3.8, 4) is 0 Å². The second-order valence-corrected chi connectivity index (χ2v) is 2.84. The minimum absolute atomic E-state index is 0.692. The minimum Gasteiger partial charge on any atom is -0.295 e. The molecule has 0 fully saturated rings. The molecule has 0 aliphatic heterocycles. The highest BCUT2D eigenvalue weighted by Crippen LogP contribution is 1.81. The molecule has 0 aliphatic rings. The lowest BCUT2D eigenvalue weighted by Crippen LogP contribution is -2.35. The van der Waals surface area contributed by atoms with Crippen LogP contribution >= 0.6 is 25.3 Å². The SMILES string of the molecule is NN(CCS)CC/N=C/CS. The summed E-state index contributed by atoms with van der Waals surface area (Å²) in [6.07, 6.45) is 1.78. The van der Waals surface area contributed by atoms with Crippen LogP contribution in [0.25, 0.3) is 0 Å². The summed E-state index contributed by atoms with van der Waals surface area (Å²) < 4.78 is 0. The van der Waals surface area contributed by atoms with Gasteiger partial charge in [0.2, 0.25) is 0 Å². The minimum atomic E-state index is 0.692. The van der Waals surface area contributed by atoms with Crippen LogP contribution in [0.15, 0.2) is 4.99 Å². The van der Waals surface area contributed by atoms with Crippen molar-refractivity contribution < 1.29 is 0 Å². The van der Waals surface area contributed by atoms with E-state index < -0.39 is 0 Å². The Hall–Kier alpha value is 0.290. The number of nitrogens with two attached hydrogens (primary N) is 1. The Morgan fingerprint density at radius 2 is 2.09 bits per heavy atom. The van der Waals surface area contributed by atoms with Gasteiger partial charge in [-0.1, -0.05) is 0 Å². The average molecular weight is 193 g/mol. The summed E-state index contributed by atoms with van der Waals surface area (Å²) in [6.45, 7) is 2.33. The van der Waals surface area contributed by atoms with Gasteiger partial charge >= 0.3 is 0 Å². The van der Waals surface area contributed by atoms with Crippen LogP contribution in [0.1, 0.15) is 0 Å². The van der Waals surface area contributed by atoms with E-state index in [0.29, 0.717) is 5.75 Å². The summed E-state index contributed by atoms with van der Waals surface area (Å²) in [5.41, 5.74) is 0. The van der Waals surface area contributed by atoms with Crippen LogP contribution in [0.4, 0.5) is 0 Å². The predicted molar refractivity (Wildman–Crippen MR) is 56.8 cm³/mol. The Kier molecular flexibility index (Phi) is 8.61. The molecule has 5 heteroatoms. The lowest BCUT2D eigenvalue weighted by Gasteiger charge is -2.12. The van der Waals surface area contributed by atoms with Gasteiger partial charge in [-0.3, -0.25) is 10.8 Å². The molecule has 2 N–H and O–H groups in total. The number of hydrogen-bond donors (Lipinski definition) is 3. The van der Waals surface area contributed by atoms with E-state index in [2.05, 4.69) is 30.2 Å². The maximum absolute atomic E-state index is 5.56. The van der Waals surface area contributed by atoms with Crippen molar-refractivity contribution in [2.24, 2.45) is 10.8 Å². The predicted octanol–water partition coefficient (Wildman–Crippen LogP) is 0.0925. The monoisotopic (exact) mass is 193 g/mol. The number of hydrazine groups is 1. The molecule has 0 rings (SSSR count). The van der Waals surface area contributed by atoms with Gasteiger partial charge in [0.05, 0.1) is 6.54 Å². The van der Waals surface area contributed by atoms with Crippen LogP contribution in [0.3, 0.4) is 0 Å². The molecule has 0 aliphatic carbocycles. The summed E-state index contributed by atoms with van der Waals surface area (Å²) in [7, 11) is 0. The van der Waals surface area contributed by atoms with Gasteiger partial charge in [0, 0.05) is 30.8 Å². The zero-order valence-electron chi connectivity index (χ0n) is 6.48. The van der Waals surface area contributed by atoms with Crippen LogP contribution in [-0.2, 0) is 0 Å². The molecule has 0 amide bonds. The van der Waals surface area contributed by atoms with Crippen LogP contribution in [0, 0.1) is 0 Å². The Bertz CT molecular complexity index is 108. The molecule has 3 nitrogen and oxygen atoms in total. The molecule has 0 atom stereocenters. The molecule has 66 valence electrons. The van der Waals surface area contributed by atoms with Crippen molar-refractivity contribution in [2.75, 3.05) is 31.1 Å². The Morgan fingerprint density at radius 3 is 2.64 bits per heavy atom. The van der Waals surface area contributed by atoms with E-state index in [9.17, 15) is 0 Å². The molecular weight excluding hydrogens is 178 g/mol. The highest BCUT2D eigenvalue weighted by atomic mass is 32.1. The summed E-state index contributed by atoms with van der Waals surface area (Å²) in [4.78, 5) is 4.06. The summed E-state index contributed by atoms with van der Waals surface area (Å²) in [5.74, 6) is 7.03. The van der Waals surface area contributed by atoms with Gasteiger partial charge < -0.3 is 0 Å². The Balaban J connectivity index is 3.16. The topological polar surface area (TPSA) is 41.6 Å². The third kappa shape index (κ3) is 8.19. The quantitative estimate of drug-likeness (QED) is 0.242. The van der Waals surface area contributed by atoms with Crippen molar-refractivity contribution >= 4 is 31.5 Å². The first-order valence-electron chi connectivity index (χ1n) is 3.51. The maximum atomic E-state index is 5.56. The zero-order valence-corrected chi connectivity index (χ0v) is 8.27. The summed E-state index contributed by atoms with van der Waals surface area (Å²) in [6, 6.07) is 0. The van der Waals surface area contributed by atoms with Gasteiger partial charge in [0.1, 0.15) is 0 Å². The smallest absolute Gasteiger partial charge is 0.0527 e. The number of thiol groups is 2. The van der Waals surface area contributed by atoms with Gasteiger partial charge in [-0.15, -0.1) is 0 Å². The fraction of sp³-hybridized carbons (Fsp3) is 0.833. The van der Waals surface area contributed by atoms with E-state index in [1.54, 1.807) is 11.2 Å². The van der Waals surface area contributed by atoms with Crippen LogP contribution in [0.2, 0.25) is 0 Å². The van der Waals surface area contributed by atoms with E-state index in [4.69, 9.17) is 5.84 Å². The van der Waals surface area contributed by atoms with Crippen molar-refractivity contribution in [2.45, 2.75) is 0 Å². The fourth-order valence-corrected chi connectivity index (χ4v) is 0.948. The largest absolute Gasteiger partial charge is 0.295 e. The Labute approximate surface area is 78.8 Å². The van der Waals surface area contributed by atoms with Crippen molar-refractivity contribution in [3.63, 3.8) is 0 Å². The van der Waals surface area contributed by atoms with Gasteiger partial charge in [0.15, 0.2) is 0 Å². The molecule has 11 heavy (non-hydrogen) atoms. The molecule has 0 saturated heterocycles. The first kappa shape index (κ1) is 11.3. The molecule has 0 aromatic carbocycles. The second kappa shape index (κ2) is 8.39. The van der Waals surface area contributed by atoms with E-state index >= 15 is 0 Å². The molecule has 0 aromatic heterocycles.